The number of sulfonamides is 1. The Balaban J connectivity index is 2.61. The average Bonchev–Trinajstić information content (AvgIpc) is 2.34. The first-order valence-corrected chi connectivity index (χ1v) is 7.66. The third-order valence-corrected chi connectivity index (χ3v) is 4.16. The third-order valence-electron chi connectivity index (χ3n) is 3.26. The van der Waals surface area contributed by atoms with Crippen LogP contribution < -0.4 is 16.4 Å². The van der Waals surface area contributed by atoms with E-state index in [2.05, 4.69) is 0 Å². The van der Waals surface area contributed by atoms with E-state index in [1.54, 1.807) is 0 Å². The predicted octanol–water partition coefficient (Wildman–Crippen LogP) is -0.151. The molecule has 112 valence electrons. The van der Waals surface area contributed by atoms with Crippen molar-refractivity contribution in [3.05, 3.63) is 61.9 Å². The number of aromatic nitrogens is 2. The Kier molecular flexibility index (Phi) is 3.84. The molecular formula is C13H15N3O4S. The Morgan fingerprint density at radius 3 is 2.29 bits per heavy atom. The Labute approximate surface area is 121 Å². The number of nitrogens with two attached hydrogens (primary N) is 1. The molecule has 0 fully saturated rings. The molecule has 2 rings (SSSR count). The largest absolute Gasteiger partial charge is 0.328 e. The van der Waals surface area contributed by atoms with Crippen LogP contribution in [0.4, 0.5) is 0 Å². The van der Waals surface area contributed by atoms with Crippen molar-refractivity contribution in [1.82, 2.24) is 9.55 Å². The maximum Gasteiger partial charge on any atom is 0.328 e. The van der Waals surface area contributed by atoms with E-state index in [9.17, 15) is 18.0 Å². The first-order valence-electron chi connectivity index (χ1n) is 6.12. The normalized spacial score (nSPS) is 11.6. The Morgan fingerprint density at radius 2 is 1.76 bits per heavy atom. The van der Waals surface area contributed by atoms with Crippen LogP contribution >= 0.6 is 0 Å². The number of hydrogen-bond acceptors (Lipinski definition) is 4. The van der Waals surface area contributed by atoms with Crippen LogP contribution in [0.1, 0.15) is 16.7 Å². The summed E-state index contributed by atoms with van der Waals surface area (Å²) in [6.45, 7) is 3.93. The lowest BCUT2D eigenvalue weighted by Gasteiger charge is -2.12. The molecule has 7 nitrogen and oxygen atoms in total. The van der Waals surface area contributed by atoms with E-state index in [-0.39, 0.29) is 6.54 Å². The summed E-state index contributed by atoms with van der Waals surface area (Å²) in [4.78, 5) is 24.6. The first-order chi connectivity index (χ1) is 9.70. The molecule has 0 saturated carbocycles. The Morgan fingerprint density at radius 1 is 1.19 bits per heavy atom. The fourth-order valence-electron chi connectivity index (χ4n) is 2.08. The summed E-state index contributed by atoms with van der Waals surface area (Å²) < 4.78 is 23.8. The molecule has 0 amide bonds. The van der Waals surface area contributed by atoms with Gasteiger partial charge in [0.15, 0.2) is 4.90 Å². The molecule has 21 heavy (non-hydrogen) atoms. The summed E-state index contributed by atoms with van der Waals surface area (Å²) in [5.41, 5.74) is 1.11. The summed E-state index contributed by atoms with van der Waals surface area (Å²) in [7, 11) is -4.19. The van der Waals surface area contributed by atoms with Crippen molar-refractivity contribution in [2.75, 3.05) is 0 Å². The number of aryl methyl sites for hydroxylation is 2. The SMILES string of the molecule is Cc1cccc(C)c1Cn1cc(S(N)(=O)=O)c(=O)[nH]c1=O. The second-order valence-corrected chi connectivity index (χ2v) is 6.33. The van der Waals surface area contributed by atoms with Crippen LogP contribution in [0.15, 0.2) is 38.9 Å². The highest BCUT2D eigenvalue weighted by Crippen LogP contribution is 2.14. The van der Waals surface area contributed by atoms with Gasteiger partial charge >= 0.3 is 5.69 Å². The molecule has 8 heteroatoms. The molecule has 0 saturated heterocycles. The number of benzene rings is 1. The zero-order valence-corrected chi connectivity index (χ0v) is 12.4. The molecule has 0 bridgehead atoms. The highest BCUT2D eigenvalue weighted by atomic mass is 32.2. The summed E-state index contributed by atoms with van der Waals surface area (Å²) in [5, 5.41) is 4.97. The minimum atomic E-state index is -4.19. The van der Waals surface area contributed by atoms with Gasteiger partial charge in [0.1, 0.15) is 0 Å². The van der Waals surface area contributed by atoms with Crippen LogP contribution in [0.5, 0.6) is 0 Å². The second-order valence-electron chi connectivity index (χ2n) is 4.80. The lowest BCUT2D eigenvalue weighted by atomic mass is 10.0. The van der Waals surface area contributed by atoms with Crippen molar-refractivity contribution in [1.29, 1.82) is 0 Å². The standard InChI is InChI=1S/C13H15N3O4S/c1-8-4-3-5-9(2)10(8)6-16-7-11(21(14,19)20)12(17)15-13(16)18/h3-5,7H,6H2,1-2H3,(H2,14,19,20)(H,15,17,18). The summed E-state index contributed by atoms with van der Waals surface area (Å²) in [6, 6.07) is 5.67. The van der Waals surface area contributed by atoms with Crippen molar-refractivity contribution in [3.8, 4) is 0 Å². The number of hydrogen-bond donors (Lipinski definition) is 2. The van der Waals surface area contributed by atoms with Crippen LogP contribution in [0.3, 0.4) is 0 Å². The maximum absolute atomic E-state index is 11.8. The Bertz CT molecular complexity index is 889. The van der Waals surface area contributed by atoms with Gasteiger partial charge in [0.25, 0.3) is 5.56 Å². The zero-order chi connectivity index (χ0) is 15.8. The quantitative estimate of drug-likeness (QED) is 0.820. The average molecular weight is 309 g/mol. The molecule has 0 aliphatic rings. The van der Waals surface area contributed by atoms with Gasteiger partial charge in [-0.3, -0.25) is 14.3 Å². The number of nitrogens with one attached hydrogen (secondary N) is 1. The van der Waals surface area contributed by atoms with Gasteiger partial charge in [0.2, 0.25) is 10.0 Å². The molecule has 0 atom stereocenters. The lowest BCUT2D eigenvalue weighted by molar-refractivity contribution is 0.591. The van der Waals surface area contributed by atoms with E-state index < -0.39 is 26.2 Å². The van der Waals surface area contributed by atoms with Gasteiger partial charge in [-0.15, -0.1) is 0 Å². The first kappa shape index (κ1) is 15.2. The molecular weight excluding hydrogens is 294 g/mol. The Hall–Kier alpha value is -2.19. The monoisotopic (exact) mass is 309 g/mol. The molecule has 1 heterocycles. The van der Waals surface area contributed by atoms with Gasteiger partial charge in [-0.1, -0.05) is 18.2 Å². The molecule has 0 aliphatic carbocycles. The van der Waals surface area contributed by atoms with E-state index in [0.717, 1.165) is 27.5 Å². The number of primary sulfonamides is 1. The van der Waals surface area contributed by atoms with Gasteiger partial charge in [0, 0.05) is 6.20 Å². The van der Waals surface area contributed by atoms with Crippen molar-refractivity contribution >= 4 is 10.0 Å². The molecule has 3 N–H and O–H groups in total. The van der Waals surface area contributed by atoms with E-state index in [1.165, 1.54) is 0 Å². The number of H-pyrrole nitrogens is 1. The highest BCUT2D eigenvalue weighted by Gasteiger charge is 2.16. The van der Waals surface area contributed by atoms with E-state index >= 15 is 0 Å². The molecule has 1 aromatic carbocycles. The third kappa shape index (κ3) is 3.11. The van der Waals surface area contributed by atoms with Crippen LogP contribution in [-0.4, -0.2) is 18.0 Å². The van der Waals surface area contributed by atoms with Crippen molar-refractivity contribution in [2.45, 2.75) is 25.3 Å². The summed E-state index contributed by atoms with van der Waals surface area (Å²) in [5.74, 6) is 0. The number of nitrogens with zero attached hydrogens (tertiary/aromatic N) is 1. The smallest absolute Gasteiger partial charge is 0.295 e. The van der Waals surface area contributed by atoms with Gasteiger partial charge in [-0.2, -0.15) is 0 Å². The fourth-order valence-corrected chi connectivity index (χ4v) is 2.66. The van der Waals surface area contributed by atoms with Crippen LogP contribution in [0.25, 0.3) is 0 Å². The molecule has 2 aromatic rings. The zero-order valence-electron chi connectivity index (χ0n) is 11.6. The van der Waals surface area contributed by atoms with Crippen LogP contribution in [0, 0.1) is 13.8 Å². The maximum atomic E-state index is 11.8. The van der Waals surface area contributed by atoms with E-state index in [4.69, 9.17) is 5.14 Å². The van der Waals surface area contributed by atoms with Crippen LogP contribution in [-0.2, 0) is 16.6 Å². The molecule has 0 aliphatic heterocycles. The molecule has 1 aromatic heterocycles. The van der Waals surface area contributed by atoms with Crippen molar-refractivity contribution < 1.29 is 8.42 Å². The summed E-state index contributed by atoms with van der Waals surface area (Å²) >= 11 is 0. The molecule has 0 radical (unpaired) electrons. The van der Waals surface area contributed by atoms with Gasteiger partial charge < -0.3 is 0 Å². The topological polar surface area (TPSA) is 115 Å². The summed E-state index contributed by atoms with van der Waals surface area (Å²) in [6.07, 6.45) is 0.975. The second kappa shape index (κ2) is 5.30. The lowest BCUT2D eigenvalue weighted by Crippen LogP contribution is -2.35. The van der Waals surface area contributed by atoms with Crippen molar-refractivity contribution in [2.24, 2.45) is 5.14 Å². The van der Waals surface area contributed by atoms with Gasteiger partial charge in [-0.05, 0) is 30.5 Å². The minimum absolute atomic E-state index is 0.149. The number of rotatable bonds is 3. The fraction of sp³-hybridized carbons (Fsp3) is 0.231. The van der Waals surface area contributed by atoms with E-state index in [0.29, 0.717) is 0 Å². The predicted molar refractivity (Wildman–Crippen MR) is 77.7 cm³/mol. The van der Waals surface area contributed by atoms with Crippen LogP contribution in [0.2, 0.25) is 0 Å². The minimum Gasteiger partial charge on any atom is -0.295 e. The van der Waals surface area contributed by atoms with Gasteiger partial charge in [-0.25, -0.2) is 18.4 Å². The highest BCUT2D eigenvalue weighted by molar-refractivity contribution is 7.89. The van der Waals surface area contributed by atoms with E-state index in [1.807, 2.05) is 37.0 Å². The van der Waals surface area contributed by atoms with Gasteiger partial charge in [0.05, 0.1) is 6.54 Å². The molecule has 0 unspecified atom stereocenters. The molecule has 0 spiro atoms. The van der Waals surface area contributed by atoms with Crippen molar-refractivity contribution in [3.63, 3.8) is 0 Å². The number of aromatic amines is 1.